The first-order chi connectivity index (χ1) is 13.6. The smallest absolute Gasteiger partial charge is 0.383 e. The van der Waals surface area contributed by atoms with Gasteiger partial charge in [-0.15, -0.1) is 0 Å². The molecule has 0 bridgehead atoms. The highest BCUT2D eigenvalue weighted by Gasteiger charge is 2.35. The average Bonchev–Trinajstić information content (AvgIpc) is 2.64. The van der Waals surface area contributed by atoms with Crippen LogP contribution in [0.25, 0.3) is 11.0 Å². The maximum Gasteiger partial charge on any atom is 0.418 e. The third kappa shape index (κ3) is 4.96. The van der Waals surface area contributed by atoms with E-state index < -0.39 is 11.7 Å². The molecule has 156 valence electrons. The Bertz CT molecular complexity index is 913. The summed E-state index contributed by atoms with van der Waals surface area (Å²) in [5, 5.41) is 2.98. The maximum atomic E-state index is 13.3. The number of nitrogens with zero attached hydrogens (tertiary/aromatic N) is 4. The van der Waals surface area contributed by atoms with Crippen LogP contribution in [0.15, 0.2) is 36.8 Å². The molecule has 1 saturated heterocycles. The van der Waals surface area contributed by atoms with Gasteiger partial charge in [0.15, 0.2) is 0 Å². The lowest BCUT2D eigenvalue weighted by molar-refractivity contribution is -0.136. The Morgan fingerprint density at radius 1 is 1.21 bits per heavy atom. The van der Waals surface area contributed by atoms with Crippen LogP contribution in [0.3, 0.4) is 0 Å². The molecule has 29 heavy (non-hydrogen) atoms. The van der Waals surface area contributed by atoms with Crippen LogP contribution >= 0.6 is 0 Å². The molecule has 0 aliphatic carbocycles. The highest BCUT2D eigenvalue weighted by atomic mass is 19.4. The summed E-state index contributed by atoms with van der Waals surface area (Å²) in [6.07, 6.45) is 2.07. The summed E-state index contributed by atoms with van der Waals surface area (Å²) in [6, 6.07) is 2.38. The zero-order valence-electron chi connectivity index (χ0n) is 16.6. The van der Waals surface area contributed by atoms with Crippen molar-refractivity contribution in [3.63, 3.8) is 0 Å². The topological polar surface area (TPSA) is 61.4 Å². The number of piperidine rings is 1. The van der Waals surface area contributed by atoms with Gasteiger partial charge < -0.3 is 15.1 Å². The summed E-state index contributed by atoms with van der Waals surface area (Å²) in [5.41, 5.74) is -0.150. The van der Waals surface area contributed by atoms with Crippen molar-refractivity contribution in [3.05, 3.63) is 42.4 Å². The number of nitrogens with one attached hydrogen (secondary N) is 1. The number of rotatable bonds is 4. The van der Waals surface area contributed by atoms with E-state index in [4.69, 9.17) is 0 Å². The Balaban J connectivity index is 1.88. The lowest BCUT2D eigenvalue weighted by atomic mass is 9.95. The minimum Gasteiger partial charge on any atom is -0.383 e. The van der Waals surface area contributed by atoms with E-state index in [1.807, 2.05) is 19.0 Å². The fourth-order valence-corrected chi connectivity index (χ4v) is 3.65. The molecule has 1 N–H and O–H groups in total. The van der Waals surface area contributed by atoms with Crippen molar-refractivity contribution in [2.75, 3.05) is 32.1 Å². The minimum absolute atomic E-state index is 0.118. The predicted molar refractivity (Wildman–Crippen MR) is 105 cm³/mol. The lowest BCUT2D eigenvalue weighted by Gasteiger charge is -2.38. The second-order valence-corrected chi connectivity index (χ2v) is 7.61. The molecule has 1 aromatic heterocycles. The highest BCUT2D eigenvalue weighted by molar-refractivity contribution is 5.91. The van der Waals surface area contributed by atoms with Gasteiger partial charge in [-0.05, 0) is 24.5 Å². The molecule has 9 heteroatoms. The molecule has 1 fully saturated rings. The van der Waals surface area contributed by atoms with Gasteiger partial charge in [-0.2, -0.15) is 13.2 Å². The summed E-state index contributed by atoms with van der Waals surface area (Å²) in [4.78, 5) is 24.0. The van der Waals surface area contributed by atoms with Gasteiger partial charge in [0, 0.05) is 57.9 Å². The number of hydrogen-bond donors (Lipinski definition) is 1. The van der Waals surface area contributed by atoms with E-state index in [0.717, 1.165) is 12.5 Å². The fraction of sp³-hybridized carbons (Fsp3) is 0.450. The number of carbonyl (C=O) groups is 1. The van der Waals surface area contributed by atoms with Gasteiger partial charge >= 0.3 is 6.18 Å². The normalized spacial score (nSPS) is 20.3. The van der Waals surface area contributed by atoms with E-state index in [-0.39, 0.29) is 28.9 Å². The summed E-state index contributed by atoms with van der Waals surface area (Å²) < 4.78 is 40.0. The SMILES string of the molecule is C[C@H]1C[C@@H](NC(=O)C=CN(C)C)CN(c2ccc(C(F)(F)F)c3nccnc23)C1. The van der Waals surface area contributed by atoms with Gasteiger partial charge in [0.1, 0.15) is 11.0 Å². The first-order valence-electron chi connectivity index (χ1n) is 9.36. The van der Waals surface area contributed by atoms with E-state index in [1.165, 1.54) is 24.5 Å². The zero-order chi connectivity index (χ0) is 21.2. The van der Waals surface area contributed by atoms with Crippen LogP contribution in [0, 0.1) is 5.92 Å². The van der Waals surface area contributed by atoms with E-state index in [2.05, 4.69) is 22.2 Å². The fourth-order valence-electron chi connectivity index (χ4n) is 3.65. The molecule has 1 amide bonds. The van der Waals surface area contributed by atoms with Gasteiger partial charge in [-0.3, -0.25) is 14.8 Å². The lowest BCUT2D eigenvalue weighted by Crippen LogP contribution is -2.50. The summed E-state index contributed by atoms with van der Waals surface area (Å²) >= 11 is 0. The average molecular weight is 407 g/mol. The molecular formula is C20H24F3N5O. The van der Waals surface area contributed by atoms with Crippen LogP contribution in [0.2, 0.25) is 0 Å². The zero-order valence-corrected chi connectivity index (χ0v) is 16.6. The number of fused-ring (bicyclic) bond motifs is 1. The van der Waals surface area contributed by atoms with E-state index in [1.54, 1.807) is 11.1 Å². The molecule has 6 nitrogen and oxygen atoms in total. The van der Waals surface area contributed by atoms with Crippen molar-refractivity contribution in [2.24, 2.45) is 5.92 Å². The van der Waals surface area contributed by atoms with Crippen molar-refractivity contribution >= 4 is 22.6 Å². The van der Waals surface area contributed by atoms with Crippen molar-refractivity contribution < 1.29 is 18.0 Å². The number of anilines is 1. The number of hydrogen-bond acceptors (Lipinski definition) is 5. The Labute approximate surface area is 167 Å². The molecule has 0 unspecified atom stereocenters. The van der Waals surface area contributed by atoms with E-state index >= 15 is 0 Å². The quantitative estimate of drug-likeness (QED) is 0.790. The number of halogens is 3. The maximum absolute atomic E-state index is 13.3. The second-order valence-electron chi connectivity index (χ2n) is 7.61. The van der Waals surface area contributed by atoms with Gasteiger partial charge in [0.2, 0.25) is 5.91 Å². The van der Waals surface area contributed by atoms with Crippen LogP contribution in [-0.4, -0.2) is 54.0 Å². The molecule has 0 radical (unpaired) electrons. The molecular weight excluding hydrogens is 383 g/mol. The third-order valence-electron chi connectivity index (χ3n) is 4.78. The second kappa shape index (κ2) is 8.26. The molecule has 2 atom stereocenters. The van der Waals surface area contributed by atoms with Crippen LogP contribution in [0.5, 0.6) is 0 Å². The Morgan fingerprint density at radius 2 is 1.90 bits per heavy atom. The number of amides is 1. The minimum atomic E-state index is -4.50. The van der Waals surface area contributed by atoms with Crippen molar-refractivity contribution in [1.82, 2.24) is 20.2 Å². The number of alkyl halides is 3. The number of carbonyl (C=O) groups excluding carboxylic acids is 1. The van der Waals surface area contributed by atoms with E-state index in [9.17, 15) is 18.0 Å². The van der Waals surface area contributed by atoms with Crippen LogP contribution < -0.4 is 10.2 Å². The predicted octanol–water partition coefficient (Wildman–Crippen LogP) is 3.05. The van der Waals surface area contributed by atoms with Gasteiger partial charge in [0.05, 0.1) is 11.3 Å². The molecule has 3 rings (SSSR count). The molecule has 1 aromatic carbocycles. The van der Waals surface area contributed by atoms with Crippen LogP contribution in [0.1, 0.15) is 18.9 Å². The Morgan fingerprint density at radius 3 is 2.55 bits per heavy atom. The van der Waals surface area contributed by atoms with Gasteiger partial charge in [-0.25, -0.2) is 0 Å². The molecule has 1 aliphatic heterocycles. The highest BCUT2D eigenvalue weighted by Crippen LogP contribution is 2.37. The standard InChI is InChI=1S/C20H24F3N5O/c1-13-10-14(26-17(29)6-9-27(2)3)12-28(11-13)16-5-4-15(20(21,22)23)18-19(16)25-8-7-24-18/h4-9,13-14H,10-12H2,1-3H3,(H,26,29)/t13-,14+/m0/s1. The molecule has 0 spiro atoms. The summed E-state index contributed by atoms with van der Waals surface area (Å²) in [5.74, 6) is 0.0516. The summed E-state index contributed by atoms with van der Waals surface area (Å²) in [6.45, 7) is 3.21. The first-order valence-corrected chi connectivity index (χ1v) is 9.36. The van der Waals surface area contributed by atoms with Crippen molar-refractivity contribution in [3.8, 4) is 0 Å². The Hall–Kier alpha value is -2.84. The van der Waals surface area contributed by atoms with E-state index in [0.29, 0.717) is 18.8 Å². The van der Waals surface area contributed by atoms with Crippen molar-refractivity contribution in [2.45, 2.75) is 25.6 Å². The molecule has 2 aromatic rings. The third-order valence-corrected chi connectivity index (χ3v) is 4.78. The monoisotopic (exact) mass is 407 g/mol. The molecule has 0 saturated carbocycles. The number of benzene rings is 1. The molecule has 2 heterocycles. The molecule has 1 aliphatic rings. The van der Waals surface area contributed by atoms with Crippen molar-refractivity contribution in [1.29, 1.82) is 0 Å². The Kier molecular flexibility index (Phi) is 5.95. The van der Waals surface area contributed by atoms with Crippen LogP contribution in [-0.2, 0) is 11.0 Å². The first kappa shape index (κ1) is 20.9. The van der Waals surface area contributed by atoms with Gasteiger partial charge in [-0.1, -0.05) is 6.92 Å². The summed E-state index contributed by atoms with van der Waals surface area (Å²) in [7, 11) is 3.65. The largest absolute Gasteiger partial charge is 0.418 e. The number of aromatic nitrogens is 2. The van der Waals surface area contributed by atoms with Gasteiger partial charge in [0.25, 0.3) is 0 Å². The van der Waals surface area contributed by atoms with Crippen LogP contribution in [0.4, 0.5) is 18.9 Å².